The Bertz CT molecular complexity index is 331. The highest BCUT2D eigenvalue weighted by Crippen LogP contribution is 2.10. The van der Waals surface area contributed by atoms with Crippen molar-refractivity contribution in [1.82, 2.24) is 4.98 Å². The second-order valence-electron chi connectivity index (χ2n) is 2.68. The van der Waals surface area contributed by atoms with E-state index in [0.717, 1.165) is 11.3 Å². The fourth-order valence-electron chi connectivity index (χ4n) is 0.921. The molecule has 1 amide bonds. The molecule has 0 saturated carbocycles. The predicted octanol–water partition coefficient (Wildman–Crippen LogP) is 1.90. The van der Waals surface area contributed by atoms with Crippen LogP contribution in [0.2, 0.25) is 0 Å². The second kappa shape index (κ2) is 4.40. The Morgan fingerprint density at radius 1 is 1.62 bits per heavy atom. The van der Waals surface area contributed by atoms with Crippen LogP contribution in [-0.2, 0) is 4.79 Å². The van der Waals surface area contributed by atoms with Crippen LogP contribution in [0.15, 0.2) is 30.6 Å². The van der Waals surface area contributed by atoms with Crippen LogP contribution >= 0.6 is 0 Å². The summed E-state index contributed by atoms with van der Waals surface area (Å²) < 4.78 is 0. The molecular weight excluding hydrogens is 164 g/mol. The van der Waals surface area contributed by atoms with E-state index in [1.165, 1.54) is 6.08 Å². The molecular formula is C10H12N2O. The standard InChI is InChI=1S/C10H12N2O/c1-3-4-10(13)12-9-7-11-6-5-8(9)2/h3-7H,1-2H3,(H,12,13). The first-order valence-electron chi connectivity index (χ1n) is 4.08. The Kier molecular flexibility index (Phi) is 3.20. The van der Waals surface area contributed by atoms with E-state index in [9.17, 15) is 4.79 Å². The summed E-state index contributed by atoms with van der Waals surface area (Å²) in [7, 11) is 0. The van der Waals surface area contributed by atoms with Crippen molar-refractivity contribution in [3.63, 3.8) is 0 Å². The molecule has 0 fully saturated rings. The SMILES string of the molecule is CC=CC(=O)Nc1cnccc1C. The topological polar surface area (TPSA) is 42.0 Å². The predicted molar refractivity (Wildman–Crippen MR) is 52.4 cm³/mol. The van der Waals surface area contributed by atoms with Gasteiger partial charge >= 0.3 is 0 Å². The Balaban J connectivity index is 2.74. The molecule has 0 radical (unpaired) electrons. The minimum Gasteiger partial charge on any atom is -0.321 e. The number of aromatic nitrogens is 1. The van der Waals surface area contributed by atoms with Gasteiger partial charge in [0, 0.05) is 6.20 Å². The van der Waals surface area contributed by atoms with Gasteiger partial charge in [0.15, 0.2) is 0 Å². The molecule has 0 aromatic carbocycles. The number of hydrogen-bond acceptors (Lipinski definition) is 2. The molecule has 3 nitrogen and oxygen atoms in total. The lowest BCUT2D eigenvalue weighted by Crippen LogP contribution is -2.08. The summed E-state index contributed by atoms with van der Waals surface area (Å²) in [5, 5.41) is 2.72. The van der Waals surface area contributed by atoms with Crippen LogP contribution in [0.3, 0.4) is 0 Å². The normalized spacial score (nSPS) is 10.3. The minimum absolute atomic E-state index is 0.126. The van der Waals surface area contributed by atoms with Crippen molar-refractivity contribution in [3.8, 4) is 0 Å². The first-order valence-corrected chi connectivity index (χ1v) is 4.08. The zero-order chi connectivity index (χ0) is 9.68. The first-order chi connectivity index (χ1) is 6.24. The second-order valence-corrected chi connectivity index (χ2v) is 2.68. The van der Waals surface area contributed by atoms with E-state index >= 15 is 0 Å². The molecule has 1 aromatic rings. The fourth-order valence-corrected chi connectivity index (χ4v) is 0.921. The number of carbonyl (C=O) groups excluding carboxylic acids is 1. The van der Waals surface area contributed by atoms with Crippen molar-refractivity contribution >= 4 is 11.6 Å². The lowest BCUT2D eigenvalue weighted by Gasteiger charge is -2.03. The monoisotopic (exact) mass is 176 g/mol. The van der Waals surface area contributed by atoms with E-state index in [0.29, 0.717) is 0 Å². The number of hydrogen-bond donors (Lipinski definition) is 1. The number of amides is 1. The van der Waals surface area contributed by atoms with E-state index in [1.807, 2.05) is 13.0 Å². The van der Waals surface area contributed by atoms with E-state index in [2.05, 4.69) is 10.3 Å². The third kappa shape index (κ3) is 2.71. The summed E-state index contributed by atoms with van der Waals surface area (Å²) in [6, 6.07) is 1.85. The number of carbonyl (C=O) groups is 1. The number of aryl methyl sites for hydroxylation is 1. The Morgan fingerprint density at radius 3 is 3.00 bits per heavy atom. The van der Waals surface area contributed by atoms with Gasteiger partial charge in [-0.1, -0.05) is 6.08 Å². The van der Waals surface area contributed by atoms with Gasteiger partial charge in [-0.3, -0.25) is 9.78 Å². The van der Waals surface area contributed by atoms with Crippen molar-refractivity contribution in [2.75, 3.05) is 5.32 Å². The molecule has 0 spiro atoms. The third-order valence-corrected chi connectivity index (χ3v) is 1.61. The maximum Gasteiger partial charge on any atom is 0.248 e. The lowest BCUT2D eigenvalue weighted by molar-refractivity contribution is -0.111. The molecule has 3 heteroatoms. The summed E-state index contributed by atoms with van der Waals surface area (Å²) in [5.41, 5.74) is 1.76. The van der Waals surface area contributed by atoms with Gasteiger partial charge in [0.1, 0.15) is 0 Å². The summed E-state index contributed by atoms with van der Waals surface area (Å²) >= 11 is 0. The number of rotatable bonds is 2. The number of pyridine rings is 1. The lowest BCUT2D eigenvalue weighted by atomic mass is 10.2. The summed E-state index contributed by atoms with van der Waals surface area (Å²) in [6.07, 6.45) is 6.50. The molecule has 0 aliphatic rings. The van der Waals surface area contributed by atoms with Crippen LogP contribution in [0.1, 0.15) is 12.5 Å². The molecule has 0 aliphatic carbocycles. The zero-order valence-corrected chi connectivity index (χ0v) is 7.74. The molecule has 1 N–H and O–H groups in total. The summed E-state index contributed by atoms with van der Waals surface area (Å²) in [5.74, 6) is -0.126. The van der Waals surface area contributed by atoms with Crippen molar-refractivity contribution in [2.45, 2.75) is 13.8 Å². The van der Waals surface area contributed by atoms with Crippen LogP contribution < -0.4 is 5.32 Å². The van der Waals surface area contributed by atoms with E-state index in [-0.39, 0.29) is 5.91 Å². The first kappa shape index (κ1) is 9.45. The van der Waals surface area contributed by atoms with Gasteiger partial charge in [-0.05, 0) is 31.6 Å². The molecule has 1 rings (SSSR count). The highest BCUT2D eigenvalue weighted by Gasteiger charge is 1.99. The largest absolute Gasteiger partial charge is 0.321 e. The van der Waals surface area contributed by atoms with Gasteiger partial charge in [-0.25, -0.2) is 0 Å². The van der Waals surface area contributed by atoms with E-state index in [1.54, 1.807) is 25.4 Å². The number of nitrogens with one attached hydrogen (secondary N) is 1. The smallest absolute Gasteiger partial charge is 0.248 e. The van der Waals surface area contributed by atoms with Crippen molar-refractivity contribution in [2.24, 2.45) is 0 Å². The zero-order valence-electron chi connectivity index (χ0n) is 7.74. The molecule has 0 atom stereocenters. The summed E-state index contributed by atoms with van der Waals surface area (Å²) in [6.45, 7) is 3.72. The minimum atomic E-state index is -0.126. The van der Waals surface area contributed by atoms with Crippen LogP contribution in [0, 0.1) is 6.92 Å². The van der Waals surface area contributed by atoms with Crippen molar-refractivity contribution in [3.05, 3.63) is 36.2 Å². The molecule has 0 saturated heterocycles. The summed E-state index contributed by atoms with van der Waals surface area (Å²) in [4.78, 5) is 15.1. The van der Waals surface area contributed by atoms with Gasteiger partial charge in [-0.15, -0.1) is 0 Å². The highest BCUT2D eigenvalue weighted by atomic mass is 16.1. The van der Waals surface area contributed by atoms with Gasteiger partial charge in [0.05, 0.1) is 11.9 Å². The quantitative estimate of drug-likeness (QED) is 0.699. The number of allylic oxidation sites excluding steroid dienone is 1. The maximum atomic E-state index is 11.1. The molecule has 0 aliphatic heterocycles. The molecule has 1 aromatic heterocycles. The Hall–Kier alpha value is -1.64. The van der Waals surface area contributed by atoms with Crippen LogP contribution in [-0.4, -0.2) is 10.9 Å². The molecule has 0 bridgehead atoms. The van der Waals surface area contributed by atoms with Crippen LogP contribution in [0.5, 0.6) is 0 Å². The van der Waals surface area contributed by atoms with Crippen molar-refractivity contribution in [1.29, 1.82) is 0 Å². The molecule has 68 valence electrons. The highest BCUT2D eigenvalue weighted by molar-refractivity contribution is 5.99. The van der Waals surface area contributed by atoms with Gasteiger partial charge in [0.2, 0.25) is 5.91 Å². The Labute approximate surface area is 77.5 Å². The molecule has 13 heavy (non-hydrogen) atoms. The maximum absolute atomic E-state index is 11.1. The van der Waals surface area contributed by atoms with Gasteiger partial charge in [0.25, 0.3) is 0 Å². The fraction of sp³-hybridized carbons (Fsp3) is 0.200. The average Bonchev–Trinajstić information content (AvgIpc) is 2.09. The van der Waals surface area contributed by atoms with E-state index in [4.69, 9.17) is 0 Å². The van der Waals surface area contributed by atoms with Crippen molar-refractivity contribution < 1.29 is 4.79 Å². The average molecular weight is 176 g/mol. The Morgan fingerprint density at radius 2 is 2.38 bits per heavy atom. The third-order valence-electron chi connectivity index (χ3n) is 1.61. The van der Waals surface area contributed by atoms with Crippen LogP contribution in [0.4, 0.5) is 5.69 Å². The van der Waals surface area contributed by atoms with Gasteiger partial charge < -0.3 is 5.32 Å². The molecule has 1 heterocycles. The van der Waals surface area contributed by atoms with Gasteiger partial charge in [-0.2, -0.15) is 0 Å². The number of anilines is 1. The van der Waals surface area contributed by atoms with E-state index < -0.39 is 0 Å². The van der Waals surface area contributed by atoms with Crippen LogP contribution in [0.25, 0.3) is 0 Å². The molecule has 0 unspecified atom stereocenters. The number of nitrogens with zero attached hydrogens (tertiary/aromatic N) is 1.